The van der Waals surface area contributed by atoms with Gasteiger partial charge in [0, 0.05) is 6.54 Å². The third kappa shape index (κ3) is 4.87. The van der Waals surface area contributed by atoms with Crippen molar-refractivity contribution in [3.8, 4) is 0 Å². The Balaban J connectivity index is 2.72. The van der Waals surface area contributed by atoms with Gasteiger partial charge in [0.2, 0.25) is 10.0 Å². The quantitative estimate of drug-likeness (QED) is 0.736. The van der Waals surface area contributed by atoms with Crippen LogP contribution in [0.5, 0.6) is 0 Å². The molecule has 19 heavy (non-hydrogen) atoms. The van der Waals surface area contributed by atoms with Gasteiger partial charge in [0.05, 0.1) is 19.3 Å². The predicted octanol–water partition coefficient (Wildman–Crippen LogP) is 1.02. The molecule has 0 fully saturated rings. The highest BCUT2D eigenvalue weighted by molar-refractivity contribution is 7.89. The van der Waals surface area contributed by atoms with E-state index in [2.05, 4.69) is 4.72 Å². The van der Waals surface area contributed by atoms with Crippen LogP contribution in [-0.2, 0) is 21.4 Å². The Morgan fingerprint density at radius 3 is 2.63 bits per heavy atom. The van der Waals surface area contributed by atoms with Crippen molar-refractivity contribution in [3.63, 3.8) is 0 Å². The first-order chi connectivity index (χ1) is 8.86. The standard InChI is InChI=1S/C12H18FNO4S/c1-9(2)18-6-5-14-19(16,17)12-4-3-10(8-15)7-11(12)13/h3-4,7,9,14-15H,5-6,8H2,1-2H3. The summed E-state index contributed by atoms with van der Waals surface area (Å²) in [6.07, 6.45) is 0.00470. The maximum Gasteiger partial charge on any atom is 0.243 e. The van der Waals surface area contributed by atoms with Gasteiger partial charge < -0.3 is 9.84 Å². The highest BCUT2D eigenvalue weighted by atomic mass is 32.2. The third-order valence-corrected chi connectivity index (χ3v) is 3.81. The van der Waals surface area contributed by atoms with Crippen LogP contribution in [0, 0.1) is 5.82 Å². The zero-order valence-corrected chi connectivity index (χ0v) is 11.7. The number of halogens is 1. The molecule has 108 valence electrons. The largest absolute Gasteiger partial charge is 0.392 e. The summed E-state index contributed by atoms with van der Waals surface area (Å²) in [6, 6.07) is 3.49. The molecule has 0 saturated heterocycles. The summed E-state index contributed by atoms with van der Waals surface area (Å²) in [4.78, 5) is -0.436. The molecule has 0 radical (unpaired) electrons. The van der Waals surface area contributed by atoms with Gasteiger partial charge in [-0.2, -0.15) is 0 Å². The highest BCUT2D eigenvalue weighted by Crippen LogP contribution is 2.15. The van der Waals surface area contributed by atoms with E-state index in [1.54, 1.807) is 0 Å². The number of hydrogen-bond donors (Lipinski definition) is 2. The van der Waals surface area contributed by atoms with Crippen LogP contribution < -0.4 is 4.72 Å². The lowest BCUT2D eigenvalue weighted by Gasteiger charge is -2.10. The second kappa shape index (κ2) is 6.95. The number of hydrogen-bond acceptors (Lipinski definition) is 4. The molecule has 0 amide bonds. The molecule has 0 atom stereocenters. The molecule has 0 heterocycles. The molecule has 5 nitrogen and oxygen atoms in total. The number of aliphatic hydroxyl groups is 1. The minimum Gasteiger partial charge on any atom is -0.392 e. The van der Waals surface area contributed by atoms with Crippen molar-refractivity contribution in [1.29, 1.82) is 0 Å². The summed E-state index contributed by atoms with van der Waals surface area (Å²) in [6.45, 7) is 3.62. The average molecular weight is 291 g/mol. The lowest BCUT2D eigenvalue weighted by molar-refractivity contribution is 0.0834. The van der Waals surface area contributed by atoms with Crippen LogP contribution in [0.3, 0.4) is 0 Å². The second-order valence-corrected chi connectivity index (χ2v) is 5.98. The summed E-state index contributed by atoms with van der Waals surface area (Å²) >= 11 is 0. The fourth-order valence-electron chi connectivity index (χ4n) is 1.41. The highest BCUT2D eigenvalue weighted by Gasteiger charge is 2.18. The fourth-order valence-corrected chi connectivity index (χ4v) is 2.48. The van der Waals surface area contributed by atoms with Crippen molar-refractivity contribution >= 4 is 10.0 Å². The summed E-state index contributed by atoms with van der Waals surface area (Å²) in [5.74, 6) is -0.885. The summed E-state index contributed by atoms with van der Waals surface area (Å²) in [7, 11) is -3.90. The molecule has 0 aliphatic rings. The van der Waals surface area contributed by atoms with E-state index >= 15 is 0 Å². The first-order valence-electron chi connectivity index (χ1n) is 5.87. The summed E-state index contributed by atoms with van der Waals surface area (Å²) in [5, 5.41) is 8.83. The predicted molar refractivity (Wildman–Crippen MR) is 68.6 cm³/mol. The van der Waals surface area contributed by atoms with E-state index < -0.39 is 20.7 Å². The van der Waals surface area contributed by atoms with E-state index in [0.29, 0.717) is 5.56 Å². The normalized spacial score (nSPS) is 12.1. The lowest BCUT2D eigenvalue weighted by Crippen LogP contribution is -2.29. The Labute approximate surface area is 112 Å². The Bertz CT molecular complexity index is 516. The van der Waals surface area contributed by atoms with Crippen molar-refractivity contribution in [1.82, 2.24) is 4.72 Å². The number of aliphatic hydroxyl groups excluding tert-OH is 1. The van der Waals surface area contributed by atoms with E-state index in [1.165, 1.54) is 6.07 Å². The SMILES string of the molecule is CC(C)OCCNS(=O)(=O)c1ccc(CO)cc1F. The van der Waals surface area contributed by atoms with Gasteiger partial charge in [0.1, 0.15) is 10.7 Å². The van der Waals surface area contributed by atoms with Gasteiger partial charge >= 0.3 is 0 Å². The van der Waals surface area contributed by atoms with Crippen LogP contribution in [0.25, 0.3) is 0 Å². The van der Waals surface area contributed by atoms with Crippen molar-refractivity contribution in [2.24, 2.45) is 0 Å². The molecule has 0 aliphatic carbocycles. The van der Waals surface area contributed by atoms with Gasteiger partial charge in [-0.15, -0.1) is 0 Å². The van der Waals surface area contributed by atoms with E-state index in [1.807, 2.05) is 13.8 Å². The average Bonchev–Trinajstić information content (AvgIpc) is 2.34. The number of ether oxygens (including phenoxy) is 1. The van der Waals surface area contributed by atoms with Crippen LogP contribution in [0.2, 0.25) is 0 Å². The van der Waals surface area contributed by atoms with Gasteiger partial charge in [-0.05, 0) is 31.5 Å². The minimum absolute atomic E-state index is 0.00470. The van der Waals surface area contributed by atoms with Crippen molar-refractivity contribution in [2.75, 3.05) is 13.2 Å². The van der Waals surface area contributed by atoms with Gasteiger partial charge in [0.15, 0.2) is 0 Å². The maximum atomic E-state index is 13.6. The smallest absolute Gasteiger partial charge is 0.243 e. The van der Waals surface area contributed by atoms with Crippen molar-refractivity contribution in [3.05, 3.63) is 29.6 Å². The zero-order valence-electron chi connectivity index (χ0n) is 10.9. The molecule has 1 aromatic carbocycles. The number of sulfonamides is 1. The molecule has 0 aliphatic heterocycles. The van der Waals surface area contributed by atoms with Gasteiger partial charge in [0.25, 0.3) is 0 Å². The van der Waals surface area contributed by atoms with Gasteiger partial charge in [-0.3, -0.25) is 0 Å². The monoisotopic (exact) mass is 291 g/mol. The molecular weight excluding hydrogens is 273 g/mol. The van der Waals surface area contributed by atoms with Crippen LogP contribution in [-0.4, -0.2) is 32.8 Å². The van der Waals surface area contributed by atoms with Gasteiger partial charge in [-0.1, -0.05) is 6.07 Å². The molecule has 2 N–H and O–H groups in total. The summed E-state index contributed by atoms with van der Waals surface area (Å²) < 4.78 is 44.7. The first-order valence-corrected chi connectivity index (χ1v) is 7.35. The van der Waals surface area contributed by atoms with Crippen LogP contribution in [0.4, 0.5) is 4.39 Å². The van der Waals surface area contributed by atoms with Crippen molar-refractivity contribution < 1.29 is 22.7 Å². The molecule has 0 unspecified atom stereocenters. The van der Waals surface area contributed by atoms with Gasteiger partial charge in [-0.25, -0.2) is 17.5 Å². The van der Waals surface area contributed by atoms with E-state index in [0.717, 1.165) is 12.1 Å². The molecule has 1 aromatic rings. The van der Waals surface area contributed by atoms with E-state index in [9.17, 15) is 12.8 Å². The second-order valence-electron chi connectivity index (χ2n) is 4.24. The molecule has 0 saturated carbocycles. The molecule has 7 heteroatoms. The Morgan fingerprint density at radius 2 is 2.11 bits per heavy atom. The molecule has 0 aromatic heterocycles. The molecule has 0 spiro atoms. The molecule has 0 bridgehead atoms. The topological polar surface area (TPSA) is 75.6 Å². The van der Waals surface area contributed by atoms with Crippen LogP contribution in [0.15, 0.2) is 23.1 Å². The maximum absolute atomic E-state index is 13.6. The number of nitrogens with one attached hydrogen (secondary N) is 1. The number of benzene rings is 1. The first kappa shape index (κ1) is 16.0. The Morgan fingerprint density at radius 1 is 1.42 bits per heavy atom. The number of rotatable bonds is 7. The summed E-state index contributed by atoms with van der Waals surface area (Å²) in [5.41, 5.74) is 0.319. The van der Waals surface area contributed by atoms with E-state index in [-0.39, 0.29) is 25.9 Å². The molecular formula is C12H18FNO4S. The Hall–Kier alpha value is -1.02. The van der Waals surface area contributed by atoms with Crippen molar-refractivity contribution in [2.45, 2.75) is 31.5 Å². The van der Waals surface area contributed by atoms with Crippen LogP contribution >= 0.6 is 0 Å². The zero-order chi connectivity index (χ0) is 14.5. The molecule has 1 rings (SSSR count). The van der Waals surface area contributed by atoms with Crippen LogP contribution in [0.1, 0.15) is 19.4 Å². The minimum atomic E-state index is -3.90. The third-order valence-electron chi connectivity index (χ3n) is 2.31. The Kier molecular flexibility index (Phi) is 5.86. The fraction of sp³-hybridized carbons (Fsp3) is 0.500. The van der Waals surface area contributed by atoms with E-state index in [4.69, 9.17) is 9.84 Å². The lowest BCUT2D eigenvalue weighted by atomic mass is 10.2.